The monoisotopic (exact) mass is 250 g/mol. The highest BCUT2D eigenvalue weighted by molar-refractivity contribution is 7.99. The highest BCUT2D eigenvalue weighted by atomic mass is 32.2. The molecule has 0 atom stereocenters. The summed E-state index contributed by atoms with van der Waals surface area (Å²) < 4.78 is 5.29. The van der Waals surface area contributed by atoms with E-state index in [4.69, 9.17) is 4.42 Å². The topological polar surface area (TPSA) is 63.8 Å². The van der Waals surface area contributed by atoms with Crippen LogP contribution in [-0.4, -0.2) is 21.5 Å². The zero-order chi connectivity index (χ0) is 12.3. The Hall–Kier alpha value is -1.56. The number of oxazole rings is 1. The van der Waals surface area contributed by atoms with Crippen LogP contribution < -0.4 is 5.32 Å². The molecule has 0 aromatic carbocycles. The quantitative estimate of drug-likeness (QED) is 0.842. The molecular weight excluding hydrogens is 236 g/mol. The third-order valence-corrected chi connectivity index (χ3v) is 3.01. The number of rotatable bonds is 4. The van der Waals surface area contributed by atoms with Crippen molar-refractivity contribution in [3.63, 3.8) is 0 Å². The Labute approximate surface area is 104 Å². The average molecular weight is 250 g/mol. The van der Waals surface area contributed by atoms with Gasteiger partial charge in [-0.25, -0.2) is 15.0 Å². The van der Waals surface area contributed by atoms with Gasteiger partial charge in [0.15, 0.2) is 0 Å². The Morgan fingerprint density at radius 3 is 2.82 bits per heavy atom. The number of nitrogens with one attached hydrogen (secondary N) is 1. The van der Waals surface area contributed by atoms with Gasteiger partial charge in [-0.1, -0.05) is 0 Å². The maximum atomic E-state index is 5.29. The molecule has 2 aromatic heterocycles. The zero-order valence-electron chi connectivity index (χ0n) is 10.0. The summed E-state index contributed by atoms with van der Waals surface area (Å²) in [5.41, 5.74) is 1.87. The van der Waals surface area contributed by atoms with E-state index in [0.717, 1.165) is 22.8 Å². The van der Waals surface area contributed by atoms with Crippen molar-refractivity contribution >= 4 is 17.7 Å². The van der Waals surface area contributed by atoms with Gasteiger partial charge >= 0.3 is 0 Å². The third-order valence-electron chi connectivity index (χ3n) is 2.04. The van der Waals surface area contributed by atoms with Crippen LogP contribution in [0.3, 0.4) is 0 Å². The SMILES string of the molecule is CCNc1ncc(C)c(Sc2nc(C)co2)n1. The number of anilines is 1. The lowest BCUT2D eigenvalue weighted by atomic mass is 10.4. The lowest BCUT2D eigenvalue weighted by Crippen LogP contribution is -2.03. The van der Waals surface area contributed by atoms with Crippen molar-refractivity contribution in [1.82, 2.24) is 15.0 Å². The Morgan fingerprint density at radius 2 is 2.18 bits per heavy atom. The Balaban J connectivity index is 2.22. The van der Waals surface area contributed by atoms with E-state index >= 15 is 0 Å². The summed E-state index contributed by atoms with van der Waals surface area (Å²) in [4.78, 5) is 12.8. The molecule has 0 aliphatic rings. The van der Waals surface area contributed by atoms with E-state index in [2.05, 4.69) is 20.3 Å². The molecule has 0 saturated carbocycles. The molecule has 0 bridgehead atoms. The van der Waals surface area contributed by atoms with Gasteiger partial charge in [0.1, 0.15) is 11.3 Å². The molecule has 90 valence electrons. The maximum Gasteiger partial charge on any atom is 0.262 e. The largest absolute Gasteiger partial charge is 0.439 e. The van der Waals surface area contributed by atoms with Gasteiger partial charge in [0.05, 0.1) is 5.69 Å². The fourth-order valence-corrected chi connectivity index (χ4v) is 2.03. The van der Waals surface area contributed by atoms with Crippen molar-refractivity contribution < 1.29 is 4.42 Å². The number of aromatic nitrogens is 3. The van der Waals surface area contributed by atoms with Crippen LogP contribution in [0.25, 0.3) is 0 Å². The van der Waals surface area contributed by atoms with E-state index in [1.165, 1.54) is 11.8 Å². The minimum Gasteiger partial charge on any atom is -0.439 e. The summed E-state index contributed by atoms with van der Waals surface area (Å²) in [6, 6.07) is 0. The van der Waals surface area contributed by atoms with Crippen molar-refractivity contribution in [3.8, 4) is 0 Å². The van der Waals surface area contributed by atoms with Crippen LogP contribution in [0.15, 0.2) is 27.1 Å². The molecule has 1 N–H and O–H groups in total. The second-order valence-corrected chi connectivity index (χ2v) is 4.51. The van der Waals surface area contributed by atoms with Crippen molar-refractivity contribution in [2.75, 3.05) is 11.9 Å². The van der Waals surface area contributed by atoms with Crippen LogP contribution in [-0.2, 0) is 0 Å². The third kappa shape index (κ3) is 2.97. The molecule has 2 rings (SSSR count). The molecule has 0 saturated heterocycles. The van der Waals surface area contributed by atoms with Crippen LogP contribution in [0, 0.1) is 13.8 Å². The molecule has 2 aromatic rings. The maximum absolute atomic E-state index is 5.29. The van der Waals surface area contributed by atoms with Gasteiger partial charge in [0, 0.05) is 18.3 Å². The van der Waals surface area contributed by atoms with Crippen molar-refractivity contribution in [2.24, 2.45) is 0 Å². The molecule has 17 heavy (non-hydrogen) atoms. The van der Waals surface area contributed by atoms with Crippen LogP contribution in [0.5, 0.6) is 0 Å². The number of hydrogen-bond donors (Lipinski definition) is 1. The van der Waals surface area contributed by atoms with Crippen LogP contribution in [0.2, 0.25) is 0 Å². The number of hydrogen-bond acceptors (Lipinski definition) is 6. The van der Waals surface area contributed by atoms with Crippen molar-refractivity contribution in [2.45, 2.75) is 31.0 Å². The first-order valence-corrected chi connectivity index (χ1v) is 6.18. The normalized spacial score (nSPS) is 10.5. The average Bonchev–Trinajstić information content (AvgIpc) is 2.69. The van der Waals surface area contributed by atoms with Crippen molar-refractivity contribution in [1.29, 1.82) is 0 Å². The number of aryl methyl sites for hydroxylation is 2. The molecule has 2 heterocycles. The van der Waals surface area contributed by atoms with Crippen LogP contribution >= 0.6 is 11.8 Å². The first-order valence-electron chi connectivity index (χ1n) is 5.36. The standard InChI is InChI=1S/C11H14N4OS/c1-4-12-10-13-5-7(2)9(15-10)17-11-14-8(3)6-16-11/h5-6H,4H2,1-3H3,(H,12,13,15). The summed E-state index contributed by atoms with van der Waals surface area (Å²) in [7, 11) is 0. The highest BCUT2D eigenvalue weighted by Gasteiger charge is 2.09. The zero-order valence-corrected chi connectivity index (χ0v) is 10.8. The number of nitrogens with zero attached hydrogens (tertiary/aromatic N) is 3. The fraction of sp³-hybridized carbons (Fsp3) is 0.364. The first-order chi connectivity index (χ1) is 8.19. The predicted molar refractivity (Wildman–Crippen MR) is 66.3 cm³/mol. The fourth-order valence-electron chi connectivity index (χ4n) is 1.23. The van der Waals surface area contributed by atoms with Gasteiger partial charge in [-0.05, 0) is 32.5 Å². The molecular formula is C11H14N4OS. The van der Waals surface area contributed by atoms with Gasteiger partial charge in [0.25, 0.3) is 5.22 Å². The lowest BCUT2D eigenvalue weighted by Gasteiger charge is -2.05. The Morgan fingerprint density at radius 1 is 1.35 bits per heavy atom. The van der Waals surface area contributed by atoms with Crippen molar-refractivity contribution in [3.05, 3.63) is 23.7 Å². The second kappa shape index (κ2) is 5.18. The molecule has 5 nitrogen and oxygen atoms in total. The van der Waals surface area contributed by atoms with Gasteiger partial charge < -0.3 is 9.73 Å². The molecule has 6 heteroatoms. The molecule has 0 unspecified atom stereocenters. The van der Waals surface area contributed by atoms with E-state index in [9.17, 15) is 0 Å². The van der Waals surface area contributed by atoms with Gasteiger partial charge in [-0.3, -0.25) is 0 Å². The van der Waals surface area contributed by atoms with Gasteiger partial charge in [-0.2, -0.15) is 0 Å². The summed E-state index contributed by atoms with van der Waals surface area (Å²) in [5.74, 6) is 0.629. The smallest absolute Gasteiger partial charge is 0.262 e. The lowest BCUT2D eigenvalue weighted by molar-refractivity contribution is 0.453. The van der Waals surface area contributed by atoms with Crippen LogP contribution in [0.4, 0.5) is 5.95 Å². The molecule has 0 aliphatic carbocycles. The Kier molecular flexibility index (Phi) is 3.63. The highest BCUT2D eigenvalue weighted by Crippen LogP contribution is 2.28. The first kappa shape index (κ1) is 11.9. The molecule has 0 amide bonds. The van der Waals surface area contributed by atoms with E-state index in [1.54, 1.807) is 12.5 Å². The Bertz CT molecular complexity index is 512. The minimum absolute atomic E-state index is 0.603. The molecule has 0 radical (unpaired) electrons. The molecule has 0 spiro atoms. The van der Waals surface area contributed by atoms with Gasteiger partial charge in [0.2, 0.25) is 5.95 Å². The van der Waals surface area contributed by atoms with Gasteiger partial charge in [-0.15, -0.1) is 0 Å². The predicted octanol–water partition coefficient (Wildman–Crippen LogP) is 2.66. The second-order valence-electron chi connectivity index (χ2n) is 3.57. The van der Waals surface area contributed by atoms with E-state index < -0.39 is 0 Å². The van der Waals surface area contributed by atoms with E-state index in [1.807, 2.05) is 20.8 Å². The summed E-state index contributed by atoms with van der Waals surface area (Å²) in [6.07, 6.45) is 3.42. The van der Waals surface area contributed by atoms with E-state index in [0.29, 0.717) is 11.2 Å². The van der Waals surface area contributed by atoms with Crippen LogP contribution in [0.1, 0.15) is 18.2 Å². The molecule has 0 aliphatic heterocycles. The summed E-state index contributed by atoms with van der Waals surface area (Å²) >= 11 is 1.41. The van der Waals surface area contributed by atoms with E-state index in [-0.39, 0.29) is 0 Å². The minimum atomic E-state index is 0.603. The summed E-state index contributed by atoms with van der Waals surface area (Å²) in [5, 5.41) is 4.54. The summed E-state index contributed by atoms with van der Waals surface area (Å²) in [6.45, 7) is 6.66. The molecule has 0 fully saturated rings.